The molecule has 104 valence electrons. The first-order valence-corrected chi connectivity index (χ1v) is 7.12. The number of hydrogen-bond acceptors (Lipinski definition) is 3. The third-order valence-electron chi connectivity index (χ3n) is 2.57. The molecule has 0 spiro atoms. The van der Waals surface area contributed by atoms with E-state index in [0.29, 0.717) is 22.2 Å². The second-order valence-corrected chi connectivity index (χ2v) is 5.10. The highest BCUT2D eigenvalue weighted by Gasteiger charge is 2.17. The van der Waals surface area contributed by atoms with Gasteiger partial charge in [0.2, 0.25) is 5.91 Å². The van der Waals surface area contributed by atoms with E-state index in [-0.39, 0.29) is 24.1 Å². The Morgan fingerprint density at radius 2 is 2.05 bits per heavy atom. The molecule has 0 aliphatic rings. The first kappa shape index (κ1) is 15.7. The van der Waals surface area contributed by atoms with Crippen LogP contribution in [0.25, 0.3) is 0 Å². The van der Waals surface area contributed by atoms with Crippen molar-refractivity contribution in [2.45, 2.75) is 13.8 Å². The first-order chi connectivity index (χ1) is 8.99. The maximum Gasteiger partial charge on any atom is 0.254 e. The number of phenolic OH excluding ortho intramolecular Hbond substituents is 1. The average molecular weight is 376 g/mol. The van der Waals surface area contributed by atoms with Gasteiger partial charge < -0.3 is 15.3 Å². The largest absolute Gasteiger partial charge is 0.507 e. The second kappa shape index (κ2) is 7.32. The van der Waals surface area contributed by atoms with Gasteiger partial charge in [-0.2, -0.15) is 0 Å². The van der Waals surface area contributed by atoms with Crippen molar-refractivity contribution >= 4 is 34.4 Å². The van der Waals surface area contributed by atoms with Gasteiger partial charge in [-0.05, 0) is 54.6 Å². The summed E-state index contributed by atoms with van der Waals surface area (Å²) in [5.41, 5.74) is 0.379. The van der Waals surface area contributed by atoms with Crippen LogP contribution in [0.1, 0.15) is 24.2 Å². The molecule has 6 heteroatoms. The average Bonchev–Trinajstić information content (AvgIpc) is 2.38. The number of carbonyl (C=O) groups excluding carboxylic acids is 2. The standard InChI is InChI=1S/C13H17IN2O3/c1-3-15-12(18)8-16(4-2)13(19)9-5-6-10(14)11(17)7-9/h5-7,17H,3-4,8H2,1-2H3,(H,15,18). The number of likely N-dealkylation sites (N-methyl/N-ethyl adjacent to an activating group) is 2. The van der Waals surface area contributed by atoms with E-state index < -0.39 is 0 Å². The minimum atomic E-state index is -0.263. The van der Waals surface area contributed by atoms with Crippen LogP contribution in [0.3, 0.4) is 0 Å². The molecule has 5 nitrogen and oxygen atoms in total. The fourth-order valence-corrected chi connectivity index (χ4v) is 1.92. The zero-order valence-electron chi connectivity index (χ0n) is 10.9. The fourth-order valence-electron chi connectivity index (χ4n) is 1.58. The summed E-state index contributed by atoms with van der Waals surface area (Å²) in [6.07, 6.45) is 0. The normalized spacial score (nSPS) is 10.1. The number of halogens is 1. The van der Waals surface area contributed by atoms with E-state index in [1.54, 1.807) is 12.1 Å². The molecule has 0 heterocycles. The summed E-state index contributed by atoms with van der Waals surface area (Å²) in [6, 6.07) is 4.73. The van der Waals surface area contributed by atoms with Gasteiger partial charge in [-0.15, -0.1) is 0 Å². The van der Waals surface area contributed by atoms with Crippen LogP contribution >= 0.6 is 22.6 Å². The van der Waals surface area contributed by atoms with E-state index in [2.05, 4.69) is 5.32 Å². The Hall–Kier alpha value is -1.31. The lowest BCUT2D eigenvalue weighted by atomic mass is 10.2. The molecule has 1 aromatic carbocycles. The van der Waals surface area contributed by atoms with Crippen LogP contribution in [0.2, 0.25) is 0 Å². The Morgan fingerprint density at radius 3 is 2.58 bits per heavy atom. The summed E-state index contributed by atoms with van der Waals surface area (Å²) in [7, 11) is 0. The topological polar surface area (TPSA) is 69.6 Å². The van der Waals surface area contributed by atoms with Gasteiger partial charge in [0.1, 0.15) is 5.75 Å². The van der Waals surface area contributed by atoms with Gasteiger partial charge in [-0.25, -0.2) is 0 Å². The van der Waals surface area contributed by atoms with Crippen LogP contribution < -0.4 is 5.32 Å². The van der Waals surface area contributed by atoms with Gasteiger partial charge in [0, 0.05) is 18.7 Å². The van der Waals surface area contributed by atoms with Crippen molar-refractivity contribution in [1.82, 2.24) is 10.2 Å². The smallest absolute Gasteiger partial charge is 0.254 e. The Morgan fingerprint density at radius 1 is 1.37 bits per heavy atom. The van der Waals surface area contributed by atoms with Crippen LogP contribution in [-0.2, 0) is 4.79 Å². The number of aromatic hydroxyl groups is 1. The van der Waals surface area contributed by atoms with Gasteiger partial charge >= 0.3 is 0 Å². The number of nitrogens with zero attached hydrogens (tertiary/aromatic N) is 1. The van der Waals surface area contributed by atoms with Gasteiger partial charge in [0.15, 0.2) is 0 Å². The van der Waals surface area contributed by atoms with E-state index >= 15 is 0 Å². The summed E-state index contributed by atoms with van der Waals surface area (Å²) >= 11 is 1.98. The highest BCUT2D eigenvalue weighted by atomic mass is 127. The predicted molar refractivity (Wildman–Crippen MR) is 81.1 cm³/mol. The molecule has 1 aromatic rings. The van der Waals surface area contributed by atoms with E-state index in [0.717, 1.165) is 0 Å². The van der Waals surface area contributed by atoms with Crippen LogP contribution in [0.5, 0.6) is 5.75 Å². The number of rotatable bonds is 5. The maximum atomic E-state index is 12.2. The van der Waals surface area contributed by atoms with E-state index in [1.165, 1.54) is 11.0 Å². The highest BCUT2D eigenvalue weighted by molar-refractivity contribution is 14.1. The first-order valence-electron chi connectivity index (χ1n) is 6.04. The van der Waals surface area contributed by atoms with E-state index in [1.807, 2.05) is 36.4 Å². The van der Waals surface area contributed by atoms with Crippen molar-refractivity contribution < 1.29 is 14.7 Å². The Bertz CT molecular complexity index is 477. The van der Waals surface area contributed by atoms with Gasteiger partial charge in [0.05, 0.1) is 10.1 Å². The SMILES string of the molecule is CCNC(=O)CN(CC)C(=O)c1ccc(I)c(O)c1. The summed E-state index contributed by atoms with van der Waals surface area (Å²) in [5.74, 6) is -0.381. The molecule has 0 radical (unpaired) electrons. The molecule has 19 heavy (non-hydrogen) atoms. The monoisotopic (exact) mass is 376 g/mol. The molecule has 0 saturated heterocycles. The molecule has 0 fully saturated rings. The molecule has 1 rings (SSSR count). The lowest BCUT2D eigenvalue weighted by molar-refractivity contribution is -0.121. The number of hydrogen-bond donors (Lipinski definition) is 2. The summed E-state index contributed by atoms with van der Waals surface area (Å²) in [5, 5.41) is 12.3. The van der Waals surface area contributed by atoms with Gasteiger partial charge in [-0.3, -0.25) is 9.59 Å². The van der Waals surface area contributed by atoms with Crippen molar-refractivity contribution in [3.8, 4) is 5.75 Å². The number of phenols is 1. The quantitative estimate of drug-likeness (QED) is 0.767. The summed E-state index contributed by atoms with van der Waals surface area (Å²) < 4.78 is 0.681. The molecule has 0 aromatic heterocycles. The molecule has 0 unspecified atom stereocenters. The van der Waals surface area contributed by atoms with E-state index in [9.17, 15) is 14.7 Å². The van der Waals surface area contributed by atoms with Crippen LogP contribution in [0.15, 0.2) is 18.2 Å². The number of carbonyl (C=O) groups is 2. The second-order valence-electron chi connectivity index (χ2n) is 3.94. The Balaban J connectivity index is 2.83. The molecule has 0 aliphatic carbocycles. The summed E-state index contributed by atoms with van der Waals surface area (Å²) in [4.78, 5) is 25.2. The lowest BCUT2D eigenvalue weighted by Gasteiger charge is -2.20. The van der Waals surface area contributed by atoms with Crippen molar-refractivity contribution in [3.63, 3.8) is 0 Å². The number of nitrogens with one attached hydrogen (secondary N) is 1. The third kappa shape index (κ3) is 4.38. The zero-order chi connectivity index (χ0) is 14.4. The van der Waals surface area contributed by atoms with Crippen molar-refractivity contribution in [2.24, 2.45) is 0 Å². The van der Waals surface area contributed by atoms with Crippen LogP contribution in [0.4, 0.5) is 0 Å². The third-order valence-corrected chi connectivity index (χ3v) is 3.48. The van der Waals surface area contributed by atoms with E-state index in [4.69, 9.17) is 0 Å². The predicted octanol–water partition coefficient (Wildman–Crippen LogP) is 1.59. The van der Waals surface area contributed by atoms with Crippen molar-refractivity contribution in [3.05, 3.63) is 27.3 Å². The molecule has 0 saturated carbocycles. The van der Waals surface area contributed by atoms with Crippen molar-refractivity contribution in [1.29, 1.82) is 0 Å². The fraction of sp³-hybridized carbons (Fsp3) is 0.385. The molecular formula is C13H17IN2O3. The molecular weight excluding hydrogens is 359 g/mol. The zero-order valence-corrected chi connectivity index (χ0v) is 13.1. The van der Waals surface area contributed by atoms with Gasteiger partial charge in [-0.1, -0.05) is 0 Å². The molecule has 0 atom stereocenters. The highest BCUT2D eigenvalue weighted by Crippen LogP contribution is 2.21. The number of amides is 2. The summed E-state index contributed by atoms with van der Waals surface area (Å²) in [6.45, 7) is 4.63. The van der Waals surface area contributed by atoms with Crippen LogP contribution in [-0.4, -0.2) is 41.5 Å². The minimum absolute atomic E-state index is 0.0237. The minimum Gasteiger partial charge on any atom is -0.507 e. The van der Waals surface area contributed by atoms with Crippen LogP contribution in [0, 0.1) is 3.57 Å². The molecule has 2 amide bonds. The maximum absolute atomic E-state index is 12.2. The molecule has 0 aliphatic heterocycles. The molecule has 0 bridgehead atoms. The lowest BCUT2D eigenvalue weighted by Crippen LogP contribution is -2.40. The Labute approximate surface area is 126 Å². The Kier molecular flexibility index (Phi) is 6.07. The molecule has 2 N–H and O–H groups in total. The number of benzene rings is 1. The van der Waals surface area contributed by atoms with Crippen molar-refractivity contribution in [2.75, 3.05) is 19.6 Å². The van der Waals surface area contributed by atoms with Gasteiger partial charge in [0.25, 0.3) is 5.91 Å².